The third-order valence-corrected chi connectivity index (χ3v) is 2.99. The summed E-state index contributed by atoms with van der Waals surface area (Å²) in [5.74, 6) is -0.482. The van der Waals surface area contributed by atoms with Gasteiger partial charge in [-0.2, -0.15) is 5.06 Å². The Morgan fingerprint density at radius 3 is 2.47 bits per heavy atom. The number of hydrogen-bond acceptors (Lipinski definition) is 4. The van der Waals surface area contributed by atoms with Crippen molar-refractivity contribution in [1.82, 2.24) is 5.32 Å². The van der Waals surface area contributed by atoms with Gasteiger partial charge < -0.3 is 9.88 Å². The molecule has 1 amide bonds. The van der Waals surface area contributed by atoms with Crippen molar-refractivity contribution in [1.29, 1.82) is 0 Å². The summed E-state index contributed by atoms with van der Waals surface area (Å²) in [4.78, 5) is 11.6. The van der Waals surface area contributed by atoms with Crippen molar-refractivity contribution in [3.05, 3.63) is 30.3 Å². The van der Waals surface area contributed by atoms with E-state index in [4.69, 9.17) is 0 Å². The fourth-order valence-corrected chi connectivity index (χ4v) is 1.87. The van der Waals surface area contributed by atoms with E-state index in [1.807, 2.05) is 0 Å². The number of para-hydroxylation sites is 1. The van der Waals surface area contributed by atoms with E-state index in [1.165, 1.54) is 0 Å². The highest BCUT2D eigenvalue weighted by molar-refractivity contribution is 7.62. The van der Waals surface area contributed by atoms with E-state index in [9.17, 15) is 14.6 Å². The van der Waals surface area contributed by atoms with Gasteiger partial charge in [0.05, 0.1) is 19.4 Å². The van der Waals surface area contributed by atoms with Crippen LogP contribution >= 0.6 is 7.14 Å². The summed E-state index contributed by atoms with van der Waals surface area (Å²) in [6.07, 6.45) is 0.279. The summed E-state index contributed by atoms with van der Waals surface area (Å²) < 4.78 is 11.4. The minimum absolute atomic E-state index is 0.0446. The van der Waals surface area contributed by atoms with Crippen LogP contribution in [0, 0.1) is 0 Å². The second-order valence-corrected chi connectivity index (χ2v) is 7.66. The fourth-order valence-electron chi connectivity index (χ4n) is 1.22. The molecule has 0 saturated carbocycles. The molecule has 0 bridgehead atoms. The zero-order valence-electron chi connectivity index (χ0n) is 9.96. The van der Waals surface area contributed by atoms with Gasteiger partial charge in [0, 0.05) is 6.29 Å². The maximum Gasteiger partial charge on any atom is 0.264 e. The van der Waals surface area contributed by atoms with E-state index in [0.29, 0.717) is 10.8 Å². The molecule has 0 spiro atoms. The number of nitrogens with one attached hydrogen (secondary N) is 1. The molecular formula is C11H17N2O3P. The van der Waals surface area contributed by atoms with E-state index >= 15 is 0 Å². The Bertz CT molecular complexity index is 416. The first kappa shape index (κ1) is 13.9. The first-order chi connectivity index (χ1) is 7.90. The highest BCUT2D eigenvalue weighted by Gasteiger charge is 2.13. The normalized spacial score (nSPS) is 11.2. The third-order valence-electron chi connectivity index (χ3n) is 2.01. The molecule has 0 aromatic heterocycles. The minimum Gasteiger partial charge on any atom is -0.323 e. The summed E-state index contributed by atoms with van der Waals surface area (Å²) in [6.45, 7) is 3.23. The lowest BCUT2D eigenvalue weighted by molar-refractivity contribution is -0.122. The van der Waals surface area contributed by atoms with Crippen LogP contribution in [0.2, 0.25) is 0 Å². The molecule has 0 atom stereocenters. The molecular weight excluding hydrogens is 239 g/mol. The van der Waals surface area contributed by atoms with Gasteiger partial charge in [-0.05, 0) is 25.5 Å². The molecule has 0 aliphatic carbocycles. The van der Waals surface area contributed by atoms with Gasteiger partial charge in [-0.25, -0.2) is 0 Å². The number of rotatable bonds is 5. The van der Waals surface area contributed by atoms with E-state index in [2.05, 4.69) is 5.32 Å². The van der Waals surface area contributed by atoms with Crippen LogP contribution in [0.4, 0.5) is 5.69 Å². The molecule has 2 N–H and O–H groups in total. The smallest absolute Gasteiger partial charge is 0.264 e. The van der Waals surface area contributed by atoms with Crippen molar-refractivity contribution >= 4 is 18.7 Å². The van der Waals surface area contributed by atoms with Crippen LogP contribution in [0.3, 0.4) is 0 Å². The molecule has 0 saturated heterocycles. The number of hydroxylamine groups is 1. The van der Waals surface area contributed by atoms with Gasteiger partial charge >= 0.3 is 0 Å². The van der Waals surface area contributed by atoms with Crippen LogP contribution in [0.5, 0.6) is 0 Å². The molecule has 1 aromatic rings. The lowest BCUT2D eigenvalue weighted by atomic mass is 10.3. The lowest BCUT2D eigenvalue weighted by Gasteiger charge is -2.15. The second-order valence-electron chi connectivity index (χ2n) is 4.20. The Morgan fingerprint density at radius 1 is 1.35 bits per heavy atom. The van der Waals surface area contributed by atoms with Crippen molar-refractivity contribution < 1.29 is 14.6 Å². The topological polar surface area (TPSA) is 69.6 Å². The Kier molecular flexibility index (Phi) is 4.87. The lowest BCUT2D eigenvalue weighted by Crippen LogP contribution is -2.36. The van der Waals surface area contributed by atoms with Gasteiger partial charge in [0.15, 0.2) is 0 Å². The molecule has 0 aliphatic rings. The molecule has 1 rings (SSSR count). The highest BCUT2D eigenvalue weighted by atomic mass is 31.2. The molecule has 0 fully saturated rings. The summed E-state index contributed by atoms with van der Waals surface area (Å²) >= 11 is 0. The maximum atomic E-state index is 11.6. The summed E-state index contributed by atoms with van der Waals surface area (Å²) in [7, 11) is -2.19. The quantitative estimate of drug-likeness (QED) is 0.476. The van der Waals surface area contributed by atoms with Gasteiger partial charge in [0.1, 0.15) is 0 Å². The number of anilines is 1. The molecule has 0 aliphatic heterocycles. The number of carbonyl (C=O) groups is 1. The van der Waals surface area contributed by atoms with Crippen LogP contribution in [-0.2, 0) is 9.36 Å². The molecule has 5 nitrogen and oxygen atoms in total. The van der Waals surface area contributed by atoms with Gasteiger partial charge in [0.2, 0.25) is 0 Å². The van der Waals surface area contributed by atoms with Crippen molar-refractivity contribution in [3.8, 4) is 0 Å². The Morgan fingerprint density at radius 2 is 1.94 bits per heavy atom. The second kappa shape index (κ2) is 5.96. The van der Waals surface area contributed by atoms with Crippen molar-refractivity contribution in [2.75, 3.05) is 31.2 Å². The molecule has 17 heavy (non-hydrogen) atoms. The predicted molar refractivity (Wildman–Crippen MR) is 68.0 cm³/mol. The van der Waals surface area contributed by atoms with Crippen molar-refractivity contribution in [3.63, 3.8) is 0 Å². The first-order valence-electron chi connectivity index (χ1n) is 5.22. The van der Waals surface area contributed by atoms with Crippen LogP contribution in [0.25, 0.3) is 0 Å². The van der Waals surface area contributed by atoms with Gasteiger partial charge in [-0.15, -0.1) is 0 Å². The first-order valence-corrected chi connectivity index (χ1v) is 8.00. The van der Waals surface area contributed by atoms with Crippen LogP contribution in [0.15, 0.2) is 30.3 Å². The van der Waals surface area contributed by atoms with Crippen LogP contribution < -0.4 is 10.4 Å². The number of amides is 1. The van der Waals surface area contributed by atoms with E-state index < -0.39 is 13.0 Å². The van der Waals surface area contributed by atoms with E-state index in [0.717, 1.165) is 0 Å². The minimum atomic E-state index is -2.19. The molecule has 1 aromatic carbocycles. The number of hydrogen-bond donors (Lipinski definition) is 2. The predicted octanol–water partition coefficient (Wildman–Crippen LogP) is 1.58. The molecule has 94 valence electrons. The van der Waals surface area contributed by atoms with Crippen molar-refractivity contribution in [2.24, 2.45) is 0 Å². The monoisotopic (exact) mass is 256 g/mol. The molecule has 0 unspecified atom stereocenters. The zero-order chi connectivity index (χ0) is 12.9. The van der Waals surface area contributed by atoms with Crippen LogP contribution in [-0.4, -0.2) is 37.3 Å². The number of benzene rings is 1. The maximum absolute atomic E-state index is 11.6. The molecule has 0 heterocycles. The summed E-state index contributed by atoms with van der Waals surface area (Å²) in [5, 5.41) is 12.9. The van der Waals surface area contributed by atoms with E-state index in [-0.39, 0.29) is 12.8 Å². The summed E-state index contributed by atoms with van der Waals surface area (Å²) in [6, 6.07) is 8.51. The fraction of sp³-hybridized carbons (Fsp3) is 0.364. The van der Waals surface area contributed by atoms with Gasteiger partial charge in [-0.3, -0.25) is 10.0 Å². The zero-order valence-corrected chi connectivity index (χ0v) is 10.9. The Labute approximate surface area is 101 Å². The SMILES string of the molecule is CP(C)(=O)CNCC(=O)N(O)c1ccccc1. The highest BCUT2D eigenvalue weighted by Crippen LogP contribution is 2.33. The standard InChI is InChI=1S/C11H17N2O3P/c1-17(2,16)9-12-8-11(14)13(15)10-6-4-3-5-7-10/h3-7,12,15H,8-9H2,1-2H3. The third kappa shape index (κ3) is 5.13. The average molecular weight is 256 g/mol. The number of nitrogens with zero attached hydrogens (tertiary/aromatic N) is 1. The van der Waals surface area contributed by atoms with Crippen LogP contribution in [0.1, 0.15) is 0 Å². The molecule has 6 heteroatoms. The largest absolute Gasteiger partial charge is 0.323 e. The average Bonchev–Trinajstić information content (AvgIpc) is 2.27. The van der Waals surface area contributed by atoms with Gasteiger partial charge in [-0.1, -0.05) is 18.2 Å². The van der Waals surface area contributed by atoms with Gasteiger partial charge in [0.25, 0.3) is 5.91 Å². The number of carbonyl (C=O) groups excluding carboxylic acids is 1. The Hall–Kier alpha value is -1.16. The van der Waals surface area contributed by atoms with Crippen molar-refractivity contribution in [2.45, 2.75) is 0 Å². The molecule has 0 radical (unpaired) electrons. The Balaban J connectivity index is 2.46. The summed E-state index contributed by atoms with van der Waals surface area (Å²) in [5.41, 5.74) is 0.412. The van der Waals surface area contributed by atoms with E-state index in [1.54, 1.807) is 43.7 Å².